The van der Waals surface area contributed by atoms with Crippen molar-refractivity contribution in [3.8, 4) is 0 Å². The van der Waals surface area contributed by atoms with Crippen LogP contribution in [-0.4, -0.2) is 36.1 Å². The highest BCUT2D eigenvalue weighted by Gasteiger charge is 2.31. The minimum atomic E-state index is -0.0525. The molecule has 1 fully saturated rings. The van der Waals surface area contributed by atoms with Crippen LogP contribution in [0.1, 0.15) is 24.4 Å². The second kappa shape index (κ2) is 4.06. The zero-order chi connectivity index (χ0) is 10.8. The van der Waals surface area contributed by atoms with Gasteiger partial charge in [-0.25, -0.2) is 0 Å². The SMILES string of the molecule is C[C@H]1COC[C@H](C)N1C(=O)c1ccco1. The van der Waals surface area contributed by atoms with Crippen LogP contribution < -0.4 is 0 Å². The number of furan rings is 1. The standard InChI is InChI=1S/C11H15NO3/c1-8-6-14-7-9(2)12(8)11(13)10-4-3-5-15-10/h3-5,8-9H,6-7H2,1-2H3/t8-,9-/m0/s1. The number of carbonyl (C=O) groups excluding carboxylic acids is 1. The maximum Gasteiger partial charge on any atom is 0.290 e. The van der Waals surface area contributed by atoms with Crippen molar-refractivity contribution < 1.29 is 13.9 Å². The molecule has 4 nitrogen and oxygen atoms in total. The van der Waals surface area contributed by atoms with Crippen LogP contribution in [0.2, 0.25) is 0 Å². The third-order valence-corrected chi connectivity index (χ3v) is 2.63. The Morgan fingerprint density at radius 2 is 2.07 bits per heavy atom. The number of amides is 1. The van der Waals surface area contributed by atoms with E-state index in [9.17, 15) is 4.79 Å². The summed E-state index contributed by atoms with van der Waals surface area (Å²) in [6.07, 6.45) is 1.52. The molecule has 2 atom stereocenters. The summed E-state index contributed by atoms with van der Waals surface area (Å²) in [6.45, 7) is 5.15. The first kappa shape index (κ1) is 10.2. The Morgan fingerprint density at radius 1 is 1.40 bits per heavy atom. The molecule has 0 aromatic carbocycles. The van der Waals surface area contributed by atoms with Crippen LogP contribution in [0.3, 0.4) is 0 Å². The Kier molecular flexibility index (Phi) is 2.77. The summed E-state index contributed by atoms with van der Waals surface area (Å²) in [6, 6.07) is 3.62. The summed E-state index contributed by atoms with van der Waals surface area (Å²) >= 11 is 0. The molecule has 0 N–H and O–H groups in total. The zero-order valence-corrected chi connectivity index (χ0v) is 8.97. The monoisotopic (exact) mass is 209 g/mol. The highest BCUT2D eigenvalue weighted by atomic mass is 16.5. The average Bonchev–Trinajstić information content (AvgIpc) is 2.69. The lowest BCUT2D eigenvalue weighted by atomic mass is 10.1. The van der Waals surface area contributed by atoms with Crippen molar-refractivity contribution in [2.24, 2.45) is 0 Å². The predicted molar refractivity (Wildman–Crippen MR) is 54.6 cm³/mol. The van der Waals surface area contributed by atoms with Gasteiger partial charge in [0.25, 0.3) is 5.91 Å². The molecule has 0 bridgehead atoms. The van der Waals surface area contributed by atoms with Crippen molar-refractivity contribution in [2.45, 2.75) is 25.9 Å². The lowest BCUT2D eigenvalue weighted by Gasteiger charge is -2.38. The van der Waals surface area contributed by atoms with E-state index < -0.39 is 0 Å². The van der Waals surface area contributed by atoms with Gasteiger partial charge in [-0.3, -0.25) is 4.79 Å². The molecule has 0 radical (unpaired) electrons. The van der Waals surface area contributed by atoms with Gasteiger partial charge in [0.1, 0.15) is 0 Å². The van der Waals surface area contributed by atoms with Crippen LogP contribution in [-0.2, 0) is 4.74 Å². The van der Waals surface area contributed by atoms with Gasteiger partial charge < -0.3 is 14.1 Å². The number of hydrogen-bond donors (Lipinski definition) is 0. The Morgan fingerprint density at radius 3 is 2.60 bits per heavy atom. The Balaban J connectivity index is 2.17. The van der Waals surface area contributed by atoms with Gasteiger partial charge >= 0.3 is 0 Å². The quantitative estimate of drug-likeness (QED) is 0.704. The van der Waals surface area contributed by atoms with E-state index in [4.69, 9.17) is 9.15 Å². The molecule has 0 spiro atoms. The fourth-order valence-electron chi connectivity index (χ4n) is 1.93. The lowest BCUT2D eigenvalue weighted by Crippen LogP contribution is -2.52. The van der Waals surface area contributed by atoms with Gasteiger partial charge in [0.05, 0.1) is 31.6 Å². The number of rotatable bonds is 1. The molecule has 82 valence electrons. The summed E-state index contributed by atoms with van der Waals surface area (Å²) < 4.78 is 10.5. The van der Waals surface area contributed by atoms with E-state index in [-0.39, 0.29) is 18.0 Å². The maximum absolute atomic E-state index is 12.1. The van der Waals surface area contributed by atoms with Crippen LogP contribution in [0.15, 0.2) is 22.8 Å². The van der Waals surface area contributed by atoms with Crippen molar-refractivity contribution >= 4 is 5.91 Å². The minimum Gasteiger partial charge on any atom is -0.459 e. The van der Waals surface area contributed by atoms with Gasteiger partial charge in [0.15, 0.2) is 5.76 Å². The van der Waals surface area contributed by atoms with Crippen LogP contribution in [0.5, 0.6) is 0 Å². The second-order valence-electron chi connectivity index (χ2n) is 3.93. The summed E-state index contributed by atoms with van der Waals surface area (Å²) in [7, 11) is 0. The number of ether oxygens (including phenoxy) is 1. The van der Waals surface area contributed by atoms with Crippen LogP contribution in [0, 0.1) is 0 Å². The van der Waals surface area contributed by atoms with Crippen molar-refractivity contribution in [3.63, 3.8) is 0 Å². The highest BCUT2D eigenvalue weighted by Crippen LogP contribution is 2.17. The van der Waals surface area contributed by atoms with Crippen LogP contribution in [0.25, 0.3) is 0 Å². The lowest BCUT2D eigenvalue weighted by molar-refractivity contribution is -0.0263. The first-order chi connectivity index (χ1) is 7.20. The molecule has 2 rings (SSSR count). The first-order valence-electron chi connectivity index (χ1n) is 5.14. The topological polar surface area (TPSA) is 42.7 Å². The van der Waals surface area contributed by atoms with E-state index in [0.29, 0.717) is 19.0 Å². The van der Waals surface area contributed by atoms with Crippen molar-refractivity contribution in [2.75, 3.05) is 13.2 Å². The summed E-state index contributed by atoms with van der Waals surface area (Å²) in [4.78, 5) is 13.9. The predicted octanol–water partition coefficient (Wildman–Crippen LogP) is 1.53. The Hall–Kier alpha value is -1.29. The average molecular weight is 209 g/mol. The smallest absolute Gasteiger partial charge is 0.290 e. The van der Waals surface area contributed by atoms with E-state index in [1.165, 1.54) is 6.26 Å². The molecule has 0 aliphatic carbocycles. The number of carbonyl (C=O) groups is 1. The molecule has 15 heavy (non-hydrogen) atoms. The summed E-state index contributed by atoms with van der Waals surface area (Å²) in [5.41, 5.74) is 0. The van der Waals surface area contributed by atoms with Gasteiger partial charge in [-0.1, -0.05) is 0 Å². The third-order valence-electron chi connectivity index (χ3n) is 2.63. The van der Waals surface area contributed by atoms with E-state index in [2.05, 4.69) is 0 Å². The van der Waals surface area contributed by atoms with Gasteiger partial charge in [0.2, 0.25) is 0 Å². The summed E-state index contributed by atoms with van der Waals surface area (Å²) in [5, 5.41) is 0. The van der Waals surface area contributed by atoms with Gasteiger partial charge in [-0.15, -0.1) is 0 Å². The van der Waals surface area contributed by atoms with Crippen molar-refractivity contribution in [3.05, 3.63) is 24.2 Å². The van der Waals surface area contributed by atoms with E-state index in [1.807, 2.05) is 18.7 Å². The van der Waals surface area contributed by atoms with E-state index in [1.54, 1.807) is 12.1 Å². The molecule has 1 aliphatic heterocycles. The molecular formula is C11H15NO3. The minimum absolute atomic E-state index is 0.0525. The molecule has 1 amide bonds. The number of nitrogens with zero attached hydrogens (tertiary/aromatic N) is 1. The van der Waals surface area contributed by atoms with E-state index >= 15 is 0 Å². The molecule has 1 saturated heterocycles. The Bertz CT molecular complexity index is 324. The van der Waals surface area contributed by atoms with Crippen molar-refractivity contribution in [1.29, 1.82) is 0 Å². The van der Waals surface area contributed by atoms with Gasteiger partial charge in [-0.05, 0) is 26.0 Å². The molecule has 0 unspecified atom stereocenters. The third kappa shape index (κ3) is 1.90. The molecule has 1 aliphatic rings. The first-order valence-corrected chi connectivity index (χ1v) is 5.14. The van der Waals surface area contributed by atoms with Crippen LogP contribution in [0.4, 0.5) is 0 Å². The fourth-order valence-corrected chi connectivity index (χ4v) is 1.93. The van der Waals surface area contributed by atoms with Gasteiger partial charge in [-0.2, -0.15) is 0 Å². The molecule has 1 aromatic heterocycles. The van der Waals surface area contributed by atoms with Crippen molar-refractivity contribution in [1.82, 2.24) is 4.90 Å². The highest BCUT2D eigenvalue weighted by molar-refractivity contribution is 5.91. The molecular weight excluding hydrogens is 194 g/mol. The molecule has 1 aromatic rings. The normalized spacial score (nSPS) is 26.7. The maximum atomic E-state index is 12.1. The number of hydrogen-bond acceptors (Lipinski definition) is 3. The molecule has 2 heterocycles. The largest absolute Gasteiger partial charge is 0.459 e. The Labute approximate surface area is 88.8 Å². The molecule has 4 heteroatoms. The number of morpholine rings is 1. The van der Waals surface area contributed by atoms with E-state index in [0.717, 1.165) is 0 Å². The van der Waals surface area contributed by atoms with Crippen LogP contribution >= 0.6 is 0 Å². The zero-order valence-electron chi connectivity index (χ0n) is 8.97. The fraction of sp³-hybridized carbons (Fsp3) is 0.545. The van der Waals surface area contributed by atoms with Gasteiger partial charge in [0, 0.05) is 0 Å². The molecule has 0 saturated carbocycles. The summed E-state index contributed by atoms with van der Waals surface area (Å²) in [5.74, 6) is 0.346. The second-order valence-corrected chi connectivity index (χ2v) is 3.93.